The third-order valence-electron chi connectivity index (χ3n) is 3.75. The highest BCUT2D eigenvalue weighted by molar-refractivity contribution is 5.94. The normalized spacial score (nSPS) is 15.9. The summed E-state index contributed by atoms with van der Waals surface area (Å²) in [6, 6.07) is 8.52. The van der Waals surface area contributed by atoms with Crippen LogP contribution in [0.5, 0.6) is 0 Å². The van der Waals surface area contributed by atoms with Gasteiger partial charge in [-0.15, -0.1) is 0 Å². The van der Waals surface area contributed by atoms with Crippen molar-refractivity contribution in [2.45, 2.75) is 38.6 Å². The number of aryl methyl sites for hydroxylation is 1. The lowest BCUT2D eigenvalue weighted by Crippen LogP contribution is -2.39. The summed E-state index contributed by atoms with van der Waals surface area (Å²) in [5.74, 6) is 0.135. The van der Waals surface area contributed by atoms with Gasteiger partial charge in [-0.2, -0.15) is 0 Å². The van der Waals surface area contributed by atoms with Crippen molar-refractivity contribution >= 4 is 11.6 Å². The van der Waals surface area contributed by atoms with E-state index in [-0.39, 0.29) is 5.91 Å². The summed E-state index contributed by atoms with van der Waals surface area (Å²) in [5, 5.41) is 3.36. The van der Waals surface area contributed by atoms with Gasteiger partial charge in [0.15, 0.2) is 0 Å². The minimum absolute atomic E-state index is 0.135. The maximum Gasteiger partial charge on any atom is 0.240 e. The van der Waals surface area contributed by atoms with Crippen LogP contribution in [0.15, 0.2) is 24.3 Å². The fourth-order valence-electron chi connectivity index (χ4n) is 2.55. The summed E-state index contributed by atoms with van der Waals surface area (Å²) in [5.41, 5.74) is 2.13. The van der Waals surface area contributed by atoms with Crippen molar-refractivity contribution in [1.29, 1.82) is 0 Å². The molecule has 0 heterocycles. The molecule has 1 amide bonds. The van der Waals surface area contributed by atoms with Crippen LogP contribution in [0.4, 0.5) is 5.69 Å². The summed E-state index contributed by atoms with van der Waals surface area (Å²) in [4.78, 5) is 13.9. The standard InChI is InChI=1S/C15H22N2O/c1-12-7-3-6-10-14(12)17(2)15(18)11-16-13-8-4-5-9-13/h3,6-7,10,13,16H,4-5,8-9,11H2,1-2H3. The van der Waals surface area contributed by atoms with Gasteiger partial charge in [0, 0.05) is 18.8 Å². The molecule has 0 unspecified atom stereocenters. The number of hydrogen-bond acceptors (Lipinski definition) is 2. The van der Waals surface area contributed by atoms with Crippen LogP contribution >= 0.6 is 0 Å². The monoisotopic (exact) mass is 246 g/mol. The largest absolute Gasteiger partial charge is 0.314 e. The van der Waals surface area contributed by atoms with Gasteiger partial charge in [0.25, 0.3) is 0 Å². The number of carbonyl (C=O) groups excluding carboxylic acids is 1. The highest BCUT2D eigenvalue weighted by atomic mass is 16.2. The predicted octanol–water partition coefficient (Wildman–Crippen LogP) is 2.49. The van der Waals surface area contributed by atoms with E-state index >= 15 is 0 Å². The van der Waals surface area contributed by atoms with Crippen LogP contribution in [-0.2, 0) is 4.79 Å². The Balaban J connectivity index is 1.90. The number of nitrogens with one attached hydrogen (secondary N) is 1. The number of likely N-dealkylation sites (N-methyl/N-ethyl adjacent to an activating group) is 1. The molecule has 98 valence electrons. The Morgan fingerprint density at radius 1 is 1.33 bits per heavy atom. The summed E-state index contributed by atoms with van der Waals surface area (Å²) in [6.45, 7) is 2.47. The first-order chi connectivity index (χ1) is 8.68. The van der Waals surface area contributed by atoms with Gasteiger partial charge >= 0.3 is 0 Å². The second kappa shape index (κ2) is 6.01. The van der Waals surface area contributed by atoms with Crippen LogP contribution in [0, 0.1) is 6.92 Å². The van der Waals surface area contributed by atoms with Crippen molar-refractivity contribution in [1.82, 2.24) is 5.32 Å². The van der Waals surface area contributed by atoms with Crippen molar-refractivity contribution in [3.8, 4) is 0 Å². The molecule has 1 aromatic rings. The lowest BCUT2D eigenvalue weighted by molar-refractivity contribution is -0.117. The van der Waals surface area contributed by atoms with Crippen molar-refractivity contribution < 1.29 is 4.79 Å². The van der Waals surface area contributed by atoms with Crippen LogP contribution in [0.2, 0.25) is 0 Å². The number of nitrogens with zero attached hydrogens (tertiary/aromatic N) is 1. The van der Waals surface area contributed by atoms with Gasteiger partial charge < -0.3 is 10.2 Å². The molecule has 0 aromatic heterocycles. The maximum atomic E-state index is 12.1. The van der Waals surface area contributed by atoms with Crippen LogP contribution in [0.25, 0.3) is 0 Å². The van der Waals surface area contributed by atoms with Crippen molar-refractivity contribution in [3.63, 3.8) is 0 Å². The highest BCUT2D eigenvalue weighted by Crippen LogP contribution is 2.19. The molecule has 0 bridgehead atoms. The number of rotatable bonds is 4. The third-order valence-corrected chi connectivity index (χ3v) is 3.75. The fourth-order valence-corrected chi connectivity index (χ4v) is 2.55. The molecular formula is C15H22N2O. The zero-order valence-electron chi connectivity index (χ0n) is 11.3. The van der Waals surface area contributed by atoms with Gasteiger partial charge in [-0.1, -0.05) is 31.0 Å². The number of anilines is 1. The SMILES string of the molecule is Cc1ccccc1N(C)C(=O)CNC1CCCC1. The Labute approximate surface area is 109 Å². The smallest absolute Gasteiger partial charge is 0.240 e. The van der Waals surface area contributed by atoms with E-state index in [0.717, 1.165) is 11.3 Å². The van der Waals surface area contributed by atoms with Gasteiger partial charge in [0.05, 0.1) is 6.54 Å². The van der Waals surface area contributed by atoms with Gasteiger partial charge in [0.1, 0.15) is 0 Å². The van der Waals surface area contributed by atoms with Crippen molar-refractivity contribution in [2.24, 2.45) is 0 Å². The van der Waals surface area contributed by atoms with E-state index in [4.69, 9.17) is 0 Å². The third kappa shape index (κ3) is 3.10. The first kappa shape index (κ1) is 13.1. The molecule has 3 heteroatoms. The minimum Gasteiger partial charge on any atom is -0.314 e. The molecule has 1 N–H and O–H groups in total. The van der Waals surface area contributed by atoms with E-state index in [2.05, 4.69) is 5.32 Å². The molecule has 1 aliphatic carbocycles. The molecule has 0 atom stereocenters. The molecule has 0 aliphatic heterocycles. The molecule has 1 aliphatic rings. The van der Waals surface area contributed by atoms with Gasteiger partial charge in [0.2, 0.25) is 5.91 Å². The molecule has 18 heavy (non-hydrogen) atoms. The molecule has 0 radical (unpaired) electrons. The summed E-state index contributed by atoms with van der Waals surface area (Å²) >= 11 is 0. The number of hydrogen-bond donors (Lipinski definition) is 1. The first-order valence-electron chi connectivity index (χ1n) is 6.74. The van der Waals surface area contributed by atoms with Gasteiger partial charge in [-0.05, 0) is 31.4 Å². The molecule has 3 nitrogen and oxygen atoms in total. The van der Waals surface area contributed by atoms with E-state index in [0.29, 0.717) is 12.6 Å². The average molecular weight is 246 g/mol. The van der Waals surface area contributed by atoms with Crippen LogP contribution in [0.3, 0.4) is 0 Å². The van der Waals surface area contributed by atoms with Crippen molar-refractivity contribution in [2.75, 3.05) is 18.5 Å². The summed E-state index contributed by atoms with van der Waals surface area (Å²) < 4.78 is 0. The quantitative estimate of drug-likeness (QED) is 0.885. The van der Waals surface area contributed by atoms with Gasteiger partial charge in [-0.25, -0.2) is 0 Å². The molecule has 0 saturated heterocycles. The second-order valence-corrected chi connectivity index (χ2v) is 5.10. The van der Waals surface area contributed by atoms with E-state index in [1.807, 2.05) is 38.2 Å². The lowest BCUT2D eigenvalue weighted by atomic mass is 10.2. The van der Waals surface area contributed by atoms with Gasteiger partial charge in [-0.3, -0.25) is 4.79 Å². The fraction of sp³-hybridized carbons (Fsp3) is 0.533. The maximum absolute atomic E-state index is 12.1. The van der Waals surface area contributed by atoms with E-state index in [9.17, 15) is 4.79 Å². The van der Waals surface area contributed by atoms with Crippen LogP contribution in [0.1, 0.15) is 31.2 Å². The van der Waals surface area contributed by atoms with Crippen molar-refractivity contribution in [3.05, 3.63) is 29.8 Å². The Morgan fingerprint density at radius 3 is 2.67 bits per heavy atom. The second-order valence-electron chi connectivity index (χ2n) is 5.10. The number of carbonyl (C=O) groups is 1. The zero-order chi connectivity index (χ0) is 13.0. The van der Waals surface area contributed by atoms with Crippen LogP contribution in [-0.4, -0.2) is 25.5 Å². The summed E-state index contributed by atoms with van der Waals surface area (Å²) in [6.07, 6.45) is 5.00. The Hall–Kier alpha value is -1.35. The topological polar surface area (TPSA) is 32.3 Å². The number of para-hydroxylation sites is 1. The minimum atomic E-state index is 0.135. The number of benzene rings is 1. The van der Waals surface area contributed by atoms with E-state index < -0.39 is 0 Å². The lowest BCUT2D eigenvalue weighted by Gasteiger charge is -2.21. The zero-order valence-corrected chi connectivity index (χ0v) is 11.3. The molecular weight excluding hydrogens is 224 g/mol. The first-order valence-corrected chi connectivity index (χ1v) is 6.74. The van der Waals surface area contributed by atoms with E-state index in [1.54, 1.807) is 4.90 Å². The molecule has 1 aromatic carbocycles. The molecule has 1 saturated carbocycles. The number of amides is 1. The van der Waals surface area contributed by atoms with E-state index in [1.165, 1.54) is 25.7 Å². The molecule has 2 rings (SSSR count). The molecule has 1 fully saturated rings. The Morgan fingerprint density at radius 2 is 2.00 bits per heavy atom. The highest BCUT2D eigenvalue weighted by Gasteiger charge is 2.17. The summed E-state index contributed by atoms with van der Waals surface area (Å²) in [7, 11) is 1.85. The average Bonchev–Trinajstić information content (AvgIpc) is 2.89. The predicted molar refractivity (Wildman–Crippen MR) is 74.8 cm³/mol. The molecule has 0 spiro atoms. The Bertz CT molecular complexity index is 411. The Kier molecular flexibility index (Phi) is 4.37. The van der Waals surface area contributed by atoms with Crippen LogP contribution < -0.4 is 10.2 Å².